The topological polar surface area (TPSA) is 30.5 Å². The highest BCUT2D eigenvalue weighted by molar-refractivity contribution is 5.29. The standard InChI is InChI=1S/C16H23NO2/c1-12-10-17-11-16(18-12)13-6-8-15(9-7-13)19-14-4-2-3-5-14/h6-9,12,14,16-17H,2-5,10-11H2,1H3. The Morgan fingerprint density at radius 3 is 2.53 bits per heavy atom. The molecule has 2 atom stereocenters. The summed E-state index contributed by atoms with van der Waals surface area (Å²) in [7, 11) is 0. The lowest BCUT2D eigenvalue weighted by Crippen LogP contribution is -2.38. The van der Waals surface area contributed by atoms with Gasteiger partial charge in [-0.25, -0.2) is 0 Å². The molecule has 1 saturated heterocycles. The molecule has 0 bridgehead atoms. The highest BCUT2D eigenvalue weighted by Gasteiger charge is 2.21. The summed E-state index contributed by atoms with van der Waals surface area (Å²) in [6, 6.07) is 8.43. The summed E-state index contributed by atoms with van der Waals surface area (Å²) in [4.78, 5) is 0. The zero-order valence-corrected chi connectivity index (χ0v) is 11.6. The summed E-state index contributed by atoms with van der Waals surface area (Å²) >= 11 is 0. The lowest BCUT2D eigenvalue weighted by molar-refractivity contribution is -0.0287. The molecule has 0 amide bonds. The maximum atomic E-state index is 5.98. The molecule has 1 saturated carbocycles. The van der Waals surface area contributed by atoms with Crippen molar-refractivity contribution in [3.63, 3.8) is 0 Å². The Kier molecular flexibility index (Phi) is 4.04. The molecule has 0 aromatic heterocycles. The fourth-order valence-corrected chi connectivity index (χ4v) is 2.95. The zero-order chi connectivity index (χ0) is 13.1. The van der Waals surface area contributed by atoms with Crippen molar-refractivity contribution >= 4 is 0 Å². The molecule has 1 aromatic rings. The summed E-state index contributed by atoms with van der Waals surface area (Å²) in [5, 5.41) is 3.40. The smallest absolute Gasteiger partial charge is 0.119 e. The van der Waals surface area contributed by atoms with Crippen molar-refractivity contribution < 1.29 is 9.47 Å². The molecule has 3 heteroatoms. The fourth-order valence-electron chi connectivity index (χ4n) is 2.95. The quantitative estimate of drug-likeness (QED) is 0.907. The van der Waals surface area contributed by atoms with Crippen molar-refractivity contribution in [2.45, 2.75) is 50.9 Å². The Bertz CT molecular complexity index is 398. The van der Waals surface area contributed by atoms with Gasteiger partial charge in [0.15, 0.2) is 0 Å². The number of rotatable bonds is 3. The number of morpholine rings is 1. The van der Waals surface area contributed by atoms with Gasteiger partial charge < -0.3 is 14.8 Å². The van der Waals surface area contributed by atoms with Gasteiger partial charge in [-0.05, 0) is 50.3 Å². The van der Waals surface area contributed by atoms with Crippen molar-refractivity contribution in [1.29, 1.82) is 0 Å². The van der Waals surface area contributed by atoms with Crippen LogP contribution in [0.1, 0.15) is 44.3 Å². The normalized spacial score (nSPS) is 28.5. The molecule has 3 nitrogen and oxygen atoms in total. The lowest BCUT2D eigenvalue weighted by atomic mass is 10.1. The molecule has 0 radical (unpaired) electrons. The Morgan fingerprint density at radius 2 is 1.84 bits per heavy atom. The molecule has 3 rings (SSSR count). The second kappa shape index (κ2) is 5.93. The average molecular weight is 261 g/mol. The van der Waals surface area contributed by atoms with E-state index in [4.69, 9.17) is 9.47 Å². The minimum Gasteiger partial charge on any atom is -0.490 e. The molecule has 2 fully saturated rings. The third kappa shape index (κ3) is 3.28. The second-order valence-corrected chi connectivity index (χ2v) is 5.69. The molecule has 104 valence electrons. The van der Waals surface area contributed by atoms with Crippen LogP contribution >= 0.6 is 0 Å². The minimum atomic E-state index is 0.171. The molecule has 1 aliphatic heterocycles. The van der Waals surface area contributed by atoms with Crippen LogP contribution in [0.3, 0.4) is 0 Å². The van der Waals surface area contributed by atoms with Crippen LogP contribution in [0.2, 0.25) is 0 Å². The van der Waals surface area contributed by atoms with Crippen LogP contribution < -0.4 is 10.1 Å². The van der Waals surface area contributed by atoms with Gasteiger partial charge in [0.05, 0.1) is 18.3 Å². The van der Waals surface area contributed by atoms with E-state index in [1.54, 1.807) is 0 Å². The Labute approximate surface area is 115 Å². The Hall–Kier alpha value is -1.06. The molecule has 1 heterocycles. The third-order valence-electron chi connectivity index (χ3n) is 4.01. The van der Waals surface area contributed by atoms with Crippen LogP contribution in [-0.2, 0) is 4.74 Å². The molecule has 1 aliphatic carbocycles. The first-order valence-corrected chi connectivity index (χ1v) is 7.44. The summed E-state index contributed by atoms with van der Waals surface area (Å²) in [6.07, 6.45) is 5.91. The van der Waals surface area contributed by atoms with Crippen LogP contribution in [0, 0.1) is 0 Å². The van der Waals surface area contributed by atoms with E-state index in [1.807, 2.05) is 0 Å². The first kappa shape index (κ1) is 12.9. The molecule has 1 aromatic carbocycles. The van der Waals surface area contributed by atoms with Crippen LogP contribution in [0.15, 0.2) is 24.3 Å². The van der Waals surface area contributed by atoms with E-state index >= 15 is 0 Å². The third-order valence-corrected chi connectivity index (χ3v) is 4.01. The Balaban J connectivity index is 1.61. The van der Waals surface area contributed by atoms with Crippen molar-refractivity contribution in [2.24, 2.45) is 0 Å². The van der Waals surface area contributed by atoms with E-state index < -0.39 is 0 Å². The van der Waals surface area contributed by atoms with Crippen LogP contribution in [0.25, 0.3) is 0 Å². The van der Waals surface area contributed by atoms with Crippen LogP contribution in [-0.4, -0.2) is 25.3 Å². The SMILES string of the molecule is CC1CNCC(c2ccc(OC3CCCC3)cc2)O1. The van der Waals surface area contributed by atoms with Crippen LogP contribution in [0.5, 0.6) is 5.75 Å². The van der Waals surface area contributed by atoms with Gasteiger partial charge in [0.25, 0.3) is 0 Å². The predicted molar refractivity (Wildman–Crippen MR) is 75.5 cm³/mol. The number of hydrogen-bond acceptors (Lipinski definition) is 3. The molecular formula is C16H23NO2. The van der Waals surface area contributed by atoms with E-state index in [1.165, 1.54) is 31.2 Å². The zero-order valence-electron chi connectivity index (χ0n) is 11.6. The molecule has 1 N–H and O–H groups in total. The molecule has 0 spiro atoms. The first-order valence-electron chi connectivity index (χ1n) is 7.44. The van der Waals surface area contributed by atoms with Gasteiger partial charge in [0.1, 0.15) is 5.75 Å². The fraction of sp³-hybridized carbons (Fsp3) is 0.625. The summed E-state index contributed by atoms with van der Waals surface area (Å²) in [5.74, 6) is 0.993. The highest BCUT2D eigenvalue weighted by atomic mass is 16.5. The van der Waals surface area contributed by atoms with Gasteiger partial charge in [-0.15, -0.1) is 0 Å². The Morgan fingerprint density at radius 1 is 1.11 bits per heavy atom. The van der Waals surface area contributed by atoms with Gasteiger partial charge in [-0.1, -0.05) is 12.1 Å². The molecule has 2 unspecified atom stereocenters. The first-order chi connectivity index (χ1) is 9.31. The number of ether oxygens (including phenoxy) is 2. The maximum absolute atomic E-state index is 5.98. The van der Waals surface area contributed by atoms with Gasteiger partial charge in [-0.3, -0.25) is 0 Å². The number of nitrogens with one attached hydrogen (secondary N) is 1. The summed E-state index contributed by atoms with van der Waals surface area (Å²) in [5.41, 5.74) is 1.23. The van der Waals surface area contributed by atoms with E-state index in [9.17, 15) is 0 Å². The summed E-state index contributed by atoms with van der Waals surface area (Å²) in [6.45, 7) is 3.95. The van der Waals surface area contributed by atoms with E-state index in [0.717, 1.165) is 18.8 Å². The summed E-state index contributed by atoms with van der Waals surface area (Å²) < 4.78 is 11.9. The van der Waals surface area contributed by atoms with E-state index in [-0.39, 0.29) is 12.2 Å². The maximum Gasteiger partial charge on any atom is 0.119 e. The average Bonchev–Trinajstić information content (AvgIpc) is 2.92. The van der Waals surface area contributed by atoms with Crippen LogP contribution in [0.4, 0.5) is 0 Å². The lowest BCUT2D eigenvalue weighted by Gasteiger charge is -2.29. The number of hydrogen-bond donors (Lipinski definition) is 1. The molecule has 19 heavy (non-hydrogen) atoms. The van der Waals surface area contributed by atoms with Crippen molar-refractivity contribution in [3.8, 4) is 5.75 Å². The van der Waals surface area contributed by atoms with Gasteiger partial charge >= 0.3 is 0 Å². The molecule has 2 aliphatic rings. The monoisotopic (exact) mass is 261 g/mol. The van der Waals surface area contributed by atoms with E-state index in [0.29, 0.717) is 6.10 Å². The van der Waals surface area contributed by atoms with Gasteiger partial charge in [0, 0.05) is 13.1 Å². The molecular weight excluding hydrogens is 238 g/mol. The predicted octanol–water partition coefficient (Wildman–Crippen LogP) is 3.06. The van der Waals surface area contributed by atoms with Gasteiger partial charge in [0.2, 0.25) is 0 Å². The van der Waals surface area contributed by atoms with Crippen molar-refractivity contribution in [1.82, 2.24) is 5.32 Å². The van der Waals surface area contributed by atoms with Crippen molar-refractivity contribution in [3.05, 3.63) is 29.8 Å². The van der Waals surface area contributed by atoms with Crippen molar-refractivity contribution in [2.75, 3.05) is 13.1 Å². The largest absolute Gasteiger partial charge is 0.490 e. The minimum absolute atomic E-state index is 0.171. The highest BCUT2D eigenvalue weighted by Crippen LogP contribution is 2.27. The van der Waals surface area contributed by atoms with Gasteiger partial charge in [-0.2, -0.15) is 0 Å². The van der Waals surface area contributed by atoms with E-state index in [2.05, 4.69) is 36.5 Å². The number of benzene rings is 1. The second-order valence-electron chi connectivity index (χ2n) is 5.69.